The van der Waals surface area contributed by atoms with Gasteiger partial charge in [0.05, 0.1) is 12.1 Å². The van der Waals surface area contributed by atoms with E-state index in [1.54, 1.807) is 0 Å². The molecular formula is C15H25NO2. The van der Waals surface area contributed by atoms with E-state index in [2.05, 4.69) is 31.3 Å². The predicted molar refractivity (Wildman–Crippen MR) is 72.6 cm³/mol. The molecule has 0 radical (unpaired) electrons. The Morgan fingerprint density at radius 2 is 2.17 bits per heavy atom. The molecule has 1 saturated carbocycles. The van der Waals surface area contributed by atoms with Crippen LogP contribution in [0.2, 0.25) is 0 Å². The summed E-state index contributed by atoms with van der Waals surface area (Å²) in [4.78, 5) is 0. The molecule has 0 bridgehead atoms. The van der Waals surface area contributed by atoms with Crippen LogP contribution in [0.1, 0.15) is 50.7 Å². The number of aryl methyl sites for hydroxylation is 1. The summed E-state index contributed by atoms with van der Waals surface area (Å²) in [6.45, 7) is 5.03. The molecule has 2 rings (SSSR count). The predicted octanol–water partition coefficient (Wildman–Crippen LogP) is 3.31. The van der Waals surface area contributed by atoms with Gasteiger partial charge in [0, 0.05) is 13.0 Å². The van der Waals surface area contributed by atoms with Crippen LogP contribution >= 0.6 is 0 Å². The van der Waals surface area contributed by atoms with Crippen LogP contribution in [0, 0.1) is 5.92 Å². The van der Waals surface area contributed by atoms with Crippen LogP contribution in [0.3, 0.4) is 0 Å². The molecule has 102 valence electrons. The lowest BCUT2D eigenvalue weighted by atomic mass is 9.78. The van der Waals surface area contributed by atoms with E-state index in [1.807, 2.05) is 7.05 Å². The van der Waals surface area contributed by atoms with Gasteiger partial charge in [-0.3, -0.25) is 0 Å². The molecule has 1 aliphatic carbocycles. The Kier molecular flexibility index (Phi) is 4.84. The monoisotopic (exact) mass is 251 g/mol. The van der Waals surface area contributed by atoms with Crippen molar-refractivity contribution in [3.63, 3.8) is 0 Å². The summed E-state index contributed by atoms with van der Waals surface area (Å²) in [5, 5.41) is 3.37. The van der Waals surface area contributed by atoms with Crippen LogP contribution in [-0.4, -0.2) is 19.8 Å². The molecule has 0 amide bonds. The van der Waals surface area contributed by atoms with Gasteiger partial charge in [-0.2, -0.15) is 0 Å². The largest absolute Gasteiger partial charge is 0.464 e. The molecule has 1 atom stereocenters. The average Bonchev–Trinajstić information content (AvgIpc) is 2.80. The summed E-state index contributed by atoms with van der Waals surface area (Å²) in [6.07, 6.45) is 5.02. The zero-order chi connectivity index (χ0) is 13.0. The number of nitrogens with one attached hydrogen (secondary N) is 1. The van der Waals surface area contributed by atoms with Crippen molar-refractivity contribution in [1.82, 2.24) is 5.32 Å². The maximum atomic E-state index is 5.84. The first-order valence-corrected chi connectivity index (χ1v) is 7.14. The van der Waals surface area contributed by atoms with Crippen molar-refractivity contribution in [2.75, 3.05) is 13.7 Å². The zero-order valence-corrected chi connectivity index (χ0v) is 11.7. The van der Waals surface area contributed by atoms with E-state index in [-0.39, 0.29) is 0 Å². The minimum absolute atomic E-state index is 0.345. The highest BCUT2D eigenvalue weighted by atomic mass is 16.5. The van der Waals surface area contributed by atoms with Gasteiger partial charge in [0.15, 0.2) is 0 Å². The highest BCUT2D eigenvalue weighted by molar-refractivity contribution is 5.11. The quantitative estimate of drug-likeness (QED) is 0.807. The Bertz CT molecular complexity index is 355. The lowest BCUT2D eigenvalue weighted by molar-refractivity contribution is -0.0295. The van der Waals surface area contributed by atoms with Crippen molar-refractivity contribution in [1.29, 1.82) is 0 Å². The Morgan fingerprint density at radius 1 is 1.39 bits per heavy atom. The lowest BCUT2D eigenvalue weighted by Gasteiger charge is -2.36. The van der Waals surface area contributed by atoms with Gasteiger partial charge in [0.1, 0.15) is 11.5 Å². The van der Waals surface area contributed by atoms with E-state index in [0.29, 0.717) is 12.1 Å². The van der Waals surface area contributed by atoms with Crippen LogP contribution in [0.15, 0.2) is 16.5 Å². The van der Waals surface area contributed by atoms with Crippen molar-refractivity contribution in [2.45, 2.75) is 51.7 Å². The Hall–Kier alpha value is -0.800. The molecule has 18 heavy (non-hydrogen) atoms. The van der Waals surface area contributed by atoms with Crippen LogP contribution in [0.4, 0.5) is 0 Å². The highest BCUT2D eigenvalue weighted by Gasteiger charge is 2.32. The van der Waals surface area contributed by atoms with Gasteiger partial charge in [-0.15, -0.1) is 0 Å². The van der Waals surface area contributed by atoms with E-state index in [4.69, 9.17) is 9.15 Å². The molecule has 1 fully saturated rings. The van der Waals surface area contributed by atoms with Crippen molar-refractivity contribution in [3.8, 4) is 0 Å². The normalized spacial score (nSPS) is 24.8. The molecule has 1 aliphatic rings. The van der Waals surface area contributed by atoms with E-state index in [0.717, 1.165) is 36.9 Å². The molecule has 1 unspecified atom stereocenters. The molecular weight excluding hydrogens is 226 g/mol. The maximum absolute atomic E-state index is 5.84. The van der Waals surface area contributed by atoms with Crippen molar-refractivity contribution < 1.29 is 9.15 Å². The number of hydrogen-bond acceptors (Lipinski definition) is 3. The summed E-state index contributed by atoms with van der Waals surface area (Å²) in [7, 11) is 2.01. The second-order valence-electron chi connectivity index (χ2n) is 5.15. The lowest BCUT2D eigenvalue weighted by Crippen LogP contribution is -2.34. The SMILES string of the molecule is CCOC1CC(CC(NC)c2ccc(CC)o2)C1. The highest BCUT2D eigenvalue weighted by Crippen LogP contribution is 2.37. The zero-order valence-electron chi connectivity index (χ0n) is 11.7. The molecule has 1 aromatic heterocycles. The van der Waals surface area contributed by atoms with Gasteiger partial charge in [-0.05, 0) is 51.3 Å². The molecule has 0 saturated heterocycles. The smallest absolute Gasteiger partial charge is 0.121 e. The van der Waals surface area contributed by atoms with E-state index in [1.165, 1.54) is 12.8 Å². The minimum Gasteiger partial charge on any atom is -0.464 e. The average molecular weight is 251 g/mol. The molecule has 1 N–H and O–H groups in total. The van der Waals surface area contributed by atoms with Crippen LogP contribution in [-0.2, 0) is 11.2 Å². The van der Waals surface area contributed by atoms with E-state index < -0.39 is 0 Å². The second kappa shape index (κ2) is 6.39. The van der Waals surface area contributed by atoms with Gasteiger partial charge < -0.3 is 14.5 Å². The van der Waals surface area contributed by atoms with Gasteiger partial charge in [-0.1, -0.05) is 6.92 Å². The van der Waals surface area contributed by atoms with Crippen molar-refractivity contribution >= 4 is 0 Å². The fourth-order valence-corrected chi connectivity index (χ4v) is 2.72. The van der Waals surface area contributed by atoms with E-state index in [9.17, 15) is 0 Å². The fraction of sp³-hybridized carbons (Fsp3) is 0.733. The number of rotatable bonds is 7. The minimum atomic E-state index is 0.345. The van der Waals surface area contributed by atoms with Gasteiger partial charge >= 0.3 is 0 Å². The topological polar surface area (TPSA) is 34.4 Å². The van der Waals surface area contributed by atoms with Crippen LogP contribution < -0.4 is 5.32 Å². The molecule has 3 heteroatoms. The van der Waals surface area contributed by atoms with Crippen molar-refractivity contribution in [2.24, 2.45) is 5.92 Å². The third-order valence-electron chi connectivity index (χ3n) is 3.89. The summed E-state index contributed by atoms with van der Waals surface area (Å²) in [5.74, 6) is 2.93. The molecule has 1 aromatic rings. The standard InChI is InChI=1S/C15H25NO2/c1-4-12-6-7-15(18-12)14(16-3)10-11-8-13(9-11)17-5-2/h6-7,11,13-14,16H,4-5,8-10H2,1-3H3. The Labute approximate surface area is 110 Å². The van der Waals surface area contributed by atoms with E-state index >= 15 is 0 Å². The third-order valence-corrected chi connectivity index (χ3v) is 3.89. The Morgan fingerprint density at radius 3 is 2.72 bits per heavy atom. The van der Waals surface area contributed by atoms with Gasteiger partial charge in [0.2, 0.25) is 0 Å². The number of furan rings is 1. The molecule has 3 nitrogen and oxygen atoms in total. The maximum Gasteiger partial charge on any atom is 0.121 e. The molecule has 1 heterocycles. The van der Waals surface area contributed by atoms with Crippen LogP contribution in [0.5, 0.6) is 0 Å². The first-order valence-electron chi connectivity index (χ1n) is 7.14. The molecule has 0 spiro atoms. The summed E-state index contributed by atoms with van der Waals surface area (Å²) < 4.78 is 11.4. The summed E-state index contributed by atoms with van der Waals surface area (Å²) in [6, 6.07) is 4.54. The molecule has 0 aliphatic heterocycles. The summed E-state index contributed by atoms with van der Waals surface area (Å²) in [5.41, 5.74) is 0. The number of hydrogen-bond donors (Lipinski definition) is 1. The third kappa shape index (κ3) is 3.15. The fourth-order valence-electron chi connectivity index (χ4n) is 2.72. The first-order chi connectivity index (χ1) is 8.76. The van der Waals surface area contributed by atoms with Gasteiger partial charge in [0.25, 0.3) is 0 Å². The molecule has 0 aromatic carbocycles. The summed E-state index contributed by atoms with van der Waals surface area (Å²) >= 11 is 0. The first kappa shape index (κ1) is 13.6. The van der Waals surface area contributed by atoms with Crippen LogP contribution in [0.25, 0.3) is 0 Å². The second-order valence-corrected chi connectivity index (χ2v) is 5.15. The Balaban J connectivity index is 1.83. The van der Waals surface area contributed by atoms with Crippen molar-refractivity contribution in [3.05, 3.63) is 23.7 Å². The van der Waals surface area contributed by atoms with Gasteiger partial charge in [-0.25, -0.2) is 0 Å². The number of ether oxygens (including phenoxy) is 1.